The number of methoxy groups -OCH3 is 1. The molecule has 2 amide bonds. The number of hydrogen-bond donors (Lipinski definition) is 1. The maximum absolute atomic E-state index is 12.7. The van der Waals surface area contributed by atoms with Crippen LogP contribution in [-0.4, -0.2) is 25.5 Å². The monoisotopic (exact) mass is 352 g/mol. The molecular weight excluding hydrogens is 328 g/mol. The van der Waals surface area contributed by atoms with E-state index >= 15 is 0 Å². The van der Waals surface area contributed by atoms with Crippen molar-refractivity contribution in [1.82, 2.24) is 0 Å². The molecule has 3 rings (SSSR count). The SMILES string of the molecule is COc1cccc(N2C[C@@H](C(=O)Nc3ccccc3C(C)C)CC2=O)c1. The molecule has 1 aliphatic rings. The Morgan fingerprint density at radius 3 is 2.69 bits per heavy atom. The number of rotatable bonds is 5. The molecule has 2 aromatic carbocycles. The molecule has 0 radical (unpaired) electrons. The third-order valence-electron chi connectivity index (χ3n) is 4.70. The zero-order chi connectivity index (χ0) is 18.7. The number of nitrogens with one attached hydrogen (secondary N) is 1. The summed E-state index contributed by atoms with van der Waals surface area (Å²) in [6.07, 6.45) is 0.215. The molecule has 0 spiro atoms. The number of carbonyl (C=O) groups is 2. The lowest BCUT2D eigenvalue weighted by Crippen LogP contribution is -2.28. The highest BCUT2D eigenvalue weighted by Gasteiger charge is 2.35. The van der Waals surface area contributed by atoms with Gasteiger partial charge in [0.25, 0.3) is 0 Å². The predicted molar refractivity (Wildman–Crippen MR) is 103 cm³/mol. The average molecular weight is 352 g/mol. The van der Waals surface area contributed by atoms with E-state index in [1.807, 2.05) is 48.5 Å². The van der Waals surface area contributed by atoms with Crippen molar-refractivity contribution in [2.45, 2.75) is 26.2 Å². The fourth-order valence-electron chi connectivity index (χ4n) is 3.26. The second-order valence-electron chi connectivity index (χ2n) is 6.84. The second-order valence-corrected chi connectivity index (χ2v) is 6.84. The van der Waals surface area contributed by atoms with E-state index in [1.54, 1.807) is 12.0 Å². The minimum absolute atomic E-state index is 0.0458. The van der Waals surface area contributed by atoms with Gasteiger partial charge in [-0.1, -0.05) is 38.1 Å². The minimum atomic E-state index is -0.367. The van der Waals surface area contributed by atoms with Gasteiger partial charge in [-0.05, 0) is 29.7 Å². The van der Waals surface area contributed by atoms with Gasteiger partial charge in [-0.3, -0.25) is 9.59 Å². The molecule has 1 atom stereocenters. The summed E-state index contributed by atoms with van der Waals surface area (Å²) >= 11 is 0. The Morgan fingerprint density at radius 1 is 1.19 bits per heavy atom. The van der Waals surface area contributed by atoms with Crippen molar-refractivity contribution in [3.05, 3.63) is 54.1 Å². The molecule has 26 heavy (non-hydrogen) atoms. The molecule has 5 heteroatoms. The highest BCUT2D eigenvalue weighted by Crippen LogP contribution is 2.29. The molecule has 2 aromatic rings. The molecule has 0 aliphatic carbocycles. The normalized spacial score (nSPS) is 16.8. The summed E-state index contributed by atoms with van der Waals surface area (Å²) in [6.45, 7) is 4.56. The van der Waals surface area contributed by atoms with Crippen LogP contribution in [0.5, 0.6) is 5.75 Å². The predicted octanol–water partition coefficient (Wildman–Crippen LogP) is 3.81. The lowest BCUT2D eigenvalue weighted by atomic mass is 10.0. The Bertz CT molecular complexity index is 816. The standard InChI is InChI=1S/C21H24N2O3/c1-14(2)18-9-4-5-10-19(18)22-21(25)15-11-20(24)23(13-15)16-7-6-8-17(12-16)26-3/h4-10,12,14-15H,11,13H2,1-3H3,(H,22,25)/t15-/m0/s1. The van der Waals surface area contributed by atoms with Crippen LogP contribution in [0.1, 0.15) is 31.7 Å². The number of amides is 2. The minimum Gasteiger partial charge on any atom is -0.497 e. The van der Waals surface area contributed by atoms with Crippen molar-refractivity contribution >= 4 is 23.2 Å². The van der Waals surface area contributed by atoms with Gasteiger partial charge in [-0.15, -0.1) is 0 Å². The highest BCUT2D eigenvalue weighted by molar-refractivity contribution is 6.03. The van der Waals surface area contributed by atoms with Crippen molar-refractivity contribution in [2.24, 2.45) is 5.92 Å². The van der Waals surface area contributed by atoms with Crippen LogP contribution < -0.4 is 15.0 Å². The molecule has 1 aliphatic heterocycles. The largest absolute Gasteiger partial charge is 0.497 e. The van der Waals surface area contributed by atoms with Crippen molar-refractivity contribution in [1.29, 1.82) is 0 Å². The van der Waals surface area contributed by atoms with Crippen LogP contribution in [-0.2, 0) is 9.59 Å². The quantitative estimate of drug-likeness (QED) is 0.890. The molecule has 1 heterocycles. The second kappa shape index (κ2) is 7.60. The Morgan fingerprint density at radius 2 is 1.96 bits per heavy atom. The Balaban J connectivity index is 1.73. The number of hydrogen-bond acceptors (Lipinski definition) is 3. The van der Waals surface area contributed by atoms with Crippen LogP contribution in [0.15, 0.2) is 48.5 Å². The fourth-order valence-corrected chi connectivity index (χ4v) is 3.26. The first-order chi connectivity index (χ1) is 12.5. The first-order valence-electron chi connectivity index (χ1n) is 8.83. The smallest absolute Gasteiger partial charge is 0.229 e. The number of ether oxygens (including phenoxy) is 1. The van der Waals surface area contributed by atoms with Gasteiger partial charge in [0.05, 0.1) is 13.0 Å². The number of nitrogens with zero attached hydrogens (tertiary/aromatic N) is 1. The summed E-state index contributed by atoms with van der Waals surface area (Å²) in [5.74, 6) is 0.473. The molecule has 1 fully saturated rings. The van der Waals surface area contributed by atoms with Gasteiger partial charge in [0, 0.05) is 30.4 Å². The lowest BCUT2D eigenvalue weighted by molar-refractivity contribution is -0.122. The summed E-state index contributed by atoms with van der Waals surface area (Å²) in [6, 6.07) is 15.1. The number of benzene rings is 2. The highest BCUT2D eigenvalue weighted by atomic mass is 16.5. The van der Waals surface area contributed by atoms with Crippen molar-refractivity contribution < 1.29 is 14.3 Å². The zero-order valence-corrected chi connectivity index (χ0v) is 15.4. The molecule has 1 saturated heterocycles. The third-order valence-corrected chi connectivity index (χ3v) is 4.70. The summed E-state index contributed by atoms with van der Waals surface area (Å²) in [5, 5.41) is 3.01. The van der Waals surface area contributed by atoms with E-state index in [1.165, 1.54) is 0 Å². The van der Waals surface area contributed by atoms with Gasteiger partial charge in [0.15, 0.2) is 0 Å². The number of para-hydroxylation sites is 1. The topological polar surface area (TPSA) is 58.6 Å². The molecule has 5 nitrogen and oxygen atoms in total. The summed E-state index contributed by atoms with van der Waals surface area (Å²) in [4.78, 5) is 26.8. The number of carbonyl (C=O) groups excluding carboxylic acids is 2. The van der Waals surface area contributed by atoms with Crippen LogP contribution in [0, 0.1) is 5.92 Å². The van der Waals surface area contributed by atoms with Crippen LogP contribution in [0.2, 0.25) is 0 Å². The Hall–Kier alpha value is -2.82. The lowest BCUT2D eigenvalue weighted by Gasteiger charge is -2.18. The van der Waals surface area contributed by atoms with Gasteiger partial charge in [0.1, 0.15) is 5.75 Å². The van der Waals surface area contributed by atoms with E-state index < -0.39 is 0 Å². The Kier molecular flexibility index (Phi) is 5.26. The molecule has 1 N–H and O–H groups in total. The fraction of sp³-hybridized carbons (Fsp3) is 0.333. The summed E-state index contributed by atoms with van der Waals surface area (Å²) < 4.78 is 5.22. The van der Waals surface area contributed by atoms with E-state index in [2.05, 4.69) is 19.2 Å². The molecule has 136 valence electrons. The molecule has 0 bridgehead atoms. The molecular formula is C21H24N2O3. The Labute approximate surface area is 154 Å². The van der Waals surface area contributed by atoms with E-state index in [9.17, 15) is 9.59 Å². The summed E-state index contributed by atoms with van der Waals surface area (Å²) in [5.41, 5.74) is 2.67. The van der Waals surface area contributed by atoms with Gasteiger partial charge in [-0.25, -0.2) is 0 Å². The van der Waals surface area contributed by atoms with Crippen LogP contribution in [0.3, 0.4) is 0 Å². The van der Waals surface area contributed by atoms with Crippen LogP contribution in [0.4, 0.5) is 11.4 Å². The van der Waals surface area contributed by atoms with Crippen molar-refractivity contribution in [3.63, 3.8) is 0 Å². The van der Waals surface area contributed by atoms with Gasteiger partial charge >= 0.3 is 0 Å². The van der Waals surface area contributed by atoms with E-state index in [4.69, 9.17) is 4.74 Å². The first-order valence-corrected chi connectivity index (χ1v) is 8.83. The number of anilines is 2. The van der Waals surface area contributed by atoms with Gasteiger partial charge in [-0.2, -0.15) is 0 Å². The van der Waals surface area contributed by atoms with E-state index in [0.717, 1.165) is 16.9 Å². The third kappa shape index (κ3) is 3.72. The summed E-state index contributed by atoms with van der Waals surface area (Å²) in [7, 11) is 1.59. The van der Waals surface area contributed by atoms with Gasteiger partial charge < -0.3 is 15.0 Å². The van der Waals surface area contributed by atoms with Crippen molar-refractivity contribution in [2.75, 3.05) is 23.9 Å². The maximum Gasteiger partial charge on any atom is 0.229 e. The molecule has 0 aromatic heterocycles. The maximum atomic E-state index is 12.7. The van der Waals surface area contributed by atoms with E-state index in [0.29, 0.717) is 18.2 Å². The van der Waals surface area contributed by atoms with Crippen LogP contribution >= 0.6 is 0 Å². The molecule has 0 saturated carbocycles. The zero-order valence-electron chi connectivity index (χ0n) is 15.4. The van der Waals surface area contributed by atoms with E-state index in [-0.39, 0.29) is 24.2 Å². The van der Waals surface area contributed by atoms with Gasteiger partial charge in [0.2, 0.25) is 11.8 Å². The average Bonchev–Trinajstić information content (AvgIpc) is 3.04. The first kappa shape index (κ1) is 18.0. The van der Waals surface area contributed by atoms with Crippen molar-refractivity contribution in [3.8, 4) is 5.75 Å². The molecule has 0 unspecified atom stereocenters. The van der Waals surface area contributed by atoms with Crippen LogP contribution in [0.25, 0.3) is 0 Å².